The Bertz CT molecular complexity index is 197. The SMILES string of the molecule is C[C]1[C](C)[C](C)[C](C)[C]1C.C[Si](C)C.[CH-]=CC=[CH-].[Cl][Ru+2][Cl].[Ru+]. The second-order valence-corrected chi connectivity index (χ2v) is 10.7. The quantitative estimate of drug-likeness (QED) is 0.200. The van der Waals surface area contributed by atoms with E-state index in [1.54, 1.807) is 0 Å². The van der Waals surface area contributed by atoms with E-state index in [1.807, 2.05) is 0 Å². The molecule has 5 heteroatoms. The Morgan fingerprint density at radius 2 is 0.818 bits per heavy atom. The molecule has 1 fully saturated rings. The van der Waals surface area contributed by atoms with E-state index in [4.69, 9.17) is 32.5 Å². The molecule has 0 aliphatic heterocycles. The maximum absolute atomic E-state index is 4.85. The molecule has 0 nitrogen and oxygen atoms in total. The van der Waals surface area contributed by atoms with Crippen LogP contribution in [0.5, 0.6) is 0 Å². The Morgan fingerprint density at radius 3 is 0.864 bits per heavy atom. The molecule has 1 aliphatic rings. The standard InChI is InChI=1S/C10H15.C4H4.C3H9Si.2ClH.2Ru/c1-6-7(2)9(4)10(5)8(6)3;1-3-4-2;1-4(2)3;;;;/h1-5H3;1-4H;1-3H3;2*1H;;/q;-2;;;;+1;+4/p-2. The van der Waals surface area contributed by atoms with Gasteiger partial charge in [-0.2, -0.15) is 0 Å². The first kappa shape index (κ1) is 31.3. The van der Waals surface area contributed by atoms with Crippen LogP contribution in [0.2, 0.25) is 19.6 Å². The summed E-state index contributed by atoms with van der Waals surface area (Å²) in [5, 5.41) is 0. The Kier molecular flexibility index (Phi) is 29.3. The zero-order chi connectivity index (χ0) is 17.6. The molecule has 22 heavy (non-hydrogen) atoms. The van der Waals surface area contributed by atoms with Crippen molar-refractivity contribution >= 4 is 28.2 Å². The summed E-state index contributed by atoms with van der Waals surface area (Å²) in [6.45, 7) is 27.2. The average Bonchev–Trinajstić information content (AvgIpc) is 2.58. The van der Waals surface area contributed by atoms with Gasteiger partial charge in [-0.15, -0.1) is 0 Å². The molecule has 0 amide bonds. The van der Waals surface area contributed by atoms with Crippen molar-refractivity contribution in [3.63, 3.8) is 0 Å². The zero-order valence-electron chi connectivity index (χ0n) is 14.8. The molecule has 129 valence electrons. The smallest absolute Gasteiger partial charge is 1.00 e. The van der Waals surface area contributed by atoms with Gasteiger partial charge in [-0.05, 0) is 29.6 Å². The van der Waals surface area contributed by atoms with E-state index >= 15 is 0 Å². The first-order valence-electron chi connectivity index (χ1n) is 6.52. The van der Waals surface area contributed by atoms with E-state index in [1.165, 1.54) is 41.7 Å². The van der Waals surface area contributed by atoms with Gasteiger partial charge in [-0.1, -0.05) is 54.3 Å². The number of hydrogen-bond donors (Lipinski definition) is 0. The van der Waals surface area contributed by atoms with E-state index in [-0.39, 0.29) is 43.4 Å². The van der Waals surface area contributed by atoms with Crippen LogP contribution in [0.3, 0.4) is 0 Å². The van der Waals surface area contributed by atoms with Gasteiger partial charge in [0.15, 0.2) is 0 Å². The van der Waals surface area contributed by atoms with Crippen LogP contribution in [0.25, 0.3) is 0 Å². The van der Waals surface area contributed by atoms with Gasteiger partial charge in [-0.25, -0.2) is 0 Å². The van der Waals surface area contributed by atoms with Gasteiger partial charge in [0.2, 0.25) is 0 Å². The van der Waals surface area contributed by atoms with Crippen LogP contribution in [0.4, 0.5) is 0 Å². The predicted molar refractivity (Wildman–Crippen MR) is 97.4 cm³/mol. The summed E-state index contributed by atoms with van der Waals surface area (Å²) < 4.78 is 0. The molecule has 0 aromatic rings. The second kappa shape index (κ2) is 20.6. The number of rotatable bonds is 1. The van der Waals surface area contributed by atoms with Crippen molar-refractivity contribution in [2.24, 2.45) is 0 Å². The molecule has 0 atom stereocenters. The van der Waals surface area contributed by atoms with E-state index in [9.17, 15) is 0 Å². The summed E-state index contributed by atoms with van der Waals surface area (Å²) in [6.07, 6.45) is 2.56. The maximum atomic E-state index is 4.85. The van der Waals surface area contributed by atoms with E-state index in [0.717, 1.165) is 0 Å². The summed E-state index contributed by atoms with van der Waals surface area (Å²) in [4.78, 5) is 0. The number of halogens is 2. The van der Waals surface area contributed by atoms with Crippen molar-refractivity contribution in [2.45, 2.75) is 54.3 Å². The van der Waals surface area contributed by atoms with E-state index in [2.05, 4.69) is 54.3 Å². The molecule has 0 spiro atoms. The van der Waals surface area contributed by atoms with Crippen molar-refractivity contribution in [1.29, 1.82) is 0 Å². The van der Waals surface area contributed by atoms with Crippen LogP contribution < -0.4 is 0 Å². The molecule has 0 aromatic heterocycles. The molecule has 1 aliphatic carbocycles. The average molecular weight is 534 g/mol. The summed E-state index contributed by atoms with van der Waals surface area (Å²) in [5.74, 6) is 7.34. The van der Waals surface area contributed by atoms with Crippen molar-refractivity contribution in [3.05, 3.63) is 54.9 Å². The van der Waals surface area contributed by atoms with Crippen molar-refractivity contribution in [3.8, 4) is 0 Å². The number of hydrogen-bond acceptors (Lipinski definition) is 0. The molecule has 0 unspecified atom stereocenters. The molecule has 1 rings (SSSR count). The Labute approximate surface area is 170 Å². The molecular weight excluding hydrogens is 505 g/mol. The summed E-state index contributed by atoms with van der Waals surface area (Å²) in [6, 6.07) is 0. The van der Waals surface area contributed by atoms with Gasteiger partial charge in [0.25, 0.3) is 0 Å². The van der Waals surface area contributed by atoms with Gasteiger partial charge in [-0.3, -0.25) is 0 Å². The minimum atomic E-state index is -0.346. The predicted octanol–water partition coefficient (Wildman–Crippen LogP) is 6.68. The normalized spacial score (nSPS) is 16.3. The van der Waals surface area contributed by atoms with Crippen molar-refractivity contribution < 1.29 is 34.6 Å². The Hall–Kier alpha value is 1.52. The molecule has 0 N–H and O–H groups in total. The molecule has 0 aromatic carbocycles. The Morgan fingerprint density at radius 1 is 0.727 bits per heavy atom. The largest absolute Gasteiger partial charge is 1.00 e. The molecular formula is C17H28Cl2Ru2Si+. The minimum absolute atomic E-state index is 0. The molecule has 0 heterocycles. The van der Waals surface area contributed by atoms with E-state index in [0.29, 0.717) is 0 Å². The van der Waals surface area contributed by atoms with Crippen LogP contribution in [0, 0.1) is 42.7 Å². The molecule has 0 bridgehead atoms. The first-order valence-corrected chi connectivity index (χ1v) is 14.0. The van der Waals surface area contributed by atoms with Crippen LogP contribution in [0.15, 0.2) is 12.2 Å². The monoisotopic (exact) mass is 534 g/mol. The topological polar surface area (TPSA) is 0 Å². The minimum Gasteiger partial charge on any atom is 1.00 e. The van der Waals surface area contributed by atoms with Crippen molar-refractivity contribution in [1.82, 2.24) is 0 Å². The van der Waals surface area contributed by atoms with Gasteiger partial charge in [0, 0.05) is 8.80 Å². The van der Waals surface area contributed by atoms with Crippen LogP contribution in [0.1, 0.15) is 34.6 Å². The van der Waals surface area contributed by atoms with Gasteiger partial charge in [0.1, 0.15) is 0 Å². The number of allylic oxidation sites excluding steroid dienone is 2. The molecule has 7 radical (unpaired) electrons. The summed E-state index contributed by atoms with van der Waals surface area (Å²) in [7, 11) is 9.83. The van der Waals surface area contributed by atoms with Gasteiger partial charge in [0.05, 0.1) is 0 Å². The first-order chi connectivity index (χ1) is 9.61. The fourth-order valence-corrected chi connectivity index (χ4v) is 1.41. The molecule has 0 saturated heterocycles. The van der Waals surface area contributed by atoms with Crippen molar-refractivity contribution in [2.75, 3.05) is 0 Å². The van der Waals surface area contributed by atoms with Crippen LogP contribution >= 0.6 is 19.4 Å². The molecule has 1 saturated carbocycles. The Balaban J connectivity index is -0.000000114. The third-order valence-corrected chi connectivity index (χ3v) is 2.92. The van der Waals surface area contributed by atoms with E-state index < -0.39 is 0 Å². The third kappa shape index (κ3) is 17.9. The van der Waals surface area contributed by atoms with Gasteiger partial charge < -0.3 is 25.3 Å². The van der Waals surface area contributed by atoms with Gasteiger partial charge >= 0.3 is 54.0 Å². The van der Waals surface area contributed by atoms with Crippen LogP contribution in [-0.2, 0) is 34.6 Å². The third-order valence-electron chi connectivity index (χ3n) is 2.92. The maximum Gasteiger partial charge on any atom is 1.00 e. The fraction of sp³-hybridized carbons (Fsp3) is 0.471. The fourth-order valence-electron chi connectivity index (χ4n) is 1.41. The van der Waals surface area contributed by atoms with Crippen LogP contribution in [-0.4, -0.2) is 8.80 Å². The summed E-state index contributed by atoms with van der Waals surface area (Å²) >= 11 is -0.346. The zero-order valence-corrected chi connectivity index (χ0v) is 20.8. The summed E-state index contributed by atoms with van der Waals surface area (Å²) in [5.41, 5.74) is 0. The second-order valence-electron chi connectivity index (χ2n) is 5.06.